The number of nitro groups is 1. The van der Waals surface area contributed by atoms with Crippen molar-refractivity contribution in [3.8, 4) is 5.75 Å². The van der Waals surface area contributed by atoms with Crippen LogP contribution in [0.5, 0.6) is 5.75 Å². The monoisotopic (exact) mass is 385 g/mol. The summed E-state index contributed by atoms with van der Waals surface area (Å²) in [6.45, 7) is 4.08. The highest BCUT2D eigenvalue weighted by atomic mass is 16.6. The van der Waals surface area contributed by atoms with E-state index in [0.29, 0.717) is 5.56 Å². The van der Waals surface area contributed by atoms with Crippen molar-refractivity contribution in [3.63, 3.8) is 0 Å². The van der Waals surface area contributed by atoms with E-state index >= 15 is 0 Å². The number of methoxy groups -OCH3 is 1. The van der Waals surface area contributed by atoms with Gasteiger partial charge in [-0.1, -0.05) is 12.1 Å². The van der Waals surface area contributed by atoms with Crippen LogP contribution in [0.15, 0.2) is 42.5 Å². The van der Waals surface area contributed by atoms with Gasteiger partial charge in [0.05, 0.1) is 17.6 Å². The molecule has 0 fully saturated rings. The second-order valence-corrected chi connectivity index (χ2v) is 6.53. The summed E-state index contributed by atoms with van der Waals surface area (Å²) >= 11 is 0. The largest absolute Gasteiger partial charge is 0.496 e. The zero-order valence-electron chi connectivity index (χ0n) is 16.3. The van der Waals surface area contributed by atoms with Gasteiger partial charge in [0.15, 0.2) is 0 Å². The third-order valence-electron chi connectivity index (χ3n) is 4.39. The van der Waals surface area contributed by atoms with Gasteiger partial charge in [0, 0.05) is 37.3 Å². The number of benzene rings is 2. The molecule has 0 aliphatic rings. The summed E-state index contributed by atoms with van der Waals surface area (Å²) in [5, 5.41) is 13.6. The van der Waals surface area contributed by atoms with E-state index < -0.39 is 10.8 Å². The molecule has 2 rings (SSSR count). The standard InChI is InChI=1S/C20H23N3O5/c1-13(2)22(3)20(25)15-7-5-14(6-8-15)12-21-19(24)17-11-16(23(26)27)9-10-18(17)28-4/h5-11,13H,12H2,1-4H3,(H,21,24). The van der Waals surface area contributed by atoms with E-state index in [0.717, 1.165) is 5.56 Å². The molecule has 2 aromatic carbocycles. The summed E-state index contributed by atoms with van der Waals surface area (Å²) in [6, 6.07) is 10.9. The van der Waals surface area contributed by atoms with Crippen LogP contribution in [0, 0.1) is 10.1 Å². The van der Waals surface area contributed by atoms with Gasteiger partial charge in [-0.2, -0.15) is 0 Å². The maximum atomic E-state index is 12.4. The molecule has 0 radical (unpaired) electrons. The van der Waals surface area contributed by atoms with Gasteiger partial charge in [-0.25, -0.2) is 0 Å². The predicted molar refractivity (Wildman–Crippen MR) is 104 cm³/mol. The van der Waals surface area contributed by atoms with E-state index in [2.05, 4.69) is 5.32 Å². The number of nitro benzene ring substituents is 1. The number of carbonyl (C=O) groups excluding carboxylic acids is 2. The Morgan fingerprint density at radius 3 is 2.36 bits per heavy atom. The molecule has 8 heteroatoms. The fourth-order valence-corrected chi connectivity index (χ4v) is 2.47. The number of nitrogens with zero attached hydrogens (tertiary/aromatic N) is 2. The van der Waals surface area contributed by atoms with Crippen molar-refractivity contribution >= 4 is 17.5 Å². The summed E-state index contributed by atoms with van der Waals surface area (Å²) in [7, 11) is 3.13. The number of amides is 2. The van der Waals surface area contributed by atoms with Crippen LogP contribution in [0.1, 0.15) is 40.1 Å². The second-order valence-electron chi connectivity index (χ2n) is 6.53. The van der Waals surface area contributed by atoms with Crippen molar-refractivity contribution in [1.29, 1.82) is 0 Å². The van der Waals surface area contributed by atoms with Crippen LogP contribution < -0.4 is 10.1 Å². The molecule has 0 saturated carbocycles. The number of non-ortho nitro benzene ring substituents is 1. The Morgan fingerprint density at radius 2 is 1.82 bits per heavy atom. The van der Waals surface area contributed by atoms with Gasteiger partial charge in [-0.15, -0.1) is 0 Å². The first-order valence-corrected chi connectivity index (χ1v) is 8.71. The SMILES string of the molecule is COc1ccc([N+](=O)[O-])cc1C(=O)NCc1ccc(C(=O)N(C)C(C)C)cc1. The summed E-state index contributed by atoms with van der Waals surface area (Å²) in [6.07, 6.45) is 0. The number of hydrogen-bond acceptors (Lipinski definition) is 5. The molecule has 0 saturated heterocycles. The minimum Gasteiger partial charge on any atom is -0.496 e. The highest BCUT2D eigenvalue weighted by molar-refractivity contribution is 5.97. The van der Waals surface area contributed by atoms with E-state index in [9.17, 15) is 19.7 Å². The third kappa shape index (κ3) is 4.85. The molecule has 2 aromatic rings. The molecule has 0 aliphatic carbocycles. The maximum absolute atomic E-state index is 12.4. The fourth-order valence-electron chi connectivity index (χ4n) is 2.47. The Kier molecular flexibility index (Phi) is 6.70. The highest BCUT2D eigenvalue weighted by Gasteiger charge is 2.18. The Bertz CT molecular complexity index is 878. The van der Waals surface area contributed by atoms with Crippen molar-refractivity contribution in [2.24, 2.45) is 0 Å². The Hall–Kier alpha value is -3.42. The molecular formula is C20H23N3O5. The van der Waals surface area contributed by atoms with Crippen LogP contribution in [0.3, 0.4) is 0 Å². The summed E-state index contributed by atoms with van der Waals surface area (Å²) in [4.78, 5) is 36.7. The van der Waals surface area contributed by atoms with Crippen molar-refractivity contribution in [2.75, 3.05) is 14.2 Å². The van der Waals surface area contributed by atoms with Crippen LogP contribution in [0.2, 0.25) is 0 Å². The van der Waals surface area contributed by atoms with Crippen LogP contribution in [-0.2, 0) is 6.54 Å². The smallest absolute Gasteiger partial charge is 0.270 e. The van der Waals surface area contributed by atoms with Crippen LogP contribution in [-0.4, -0.2) is 41.8 Å². The molecule has 0 unspecified atom stereocenters. The molecule has 0 spiro atoms. The molecule has 0 aromatic heterocycles. The number of rotatable bonds is 7. The first-order chi connectivity index (χ1) is 13.2. The Balaban J connectivity index is 2.08. The van der Waals surface area contributed by atoms with Gasteiger partial charge in [0.25, 0.3) is 17.5 Å². The minimum atomic E-state index is -0.569. The zero-order valence-corrected chi connectivity index (χ0v) is 16.3. The number of nitrogens with one attached hydrogen (secondary N) is 1. The third-order valence-corrected chi connectivity index (χ3v) is 4.39. The molecule has 28 heavy (non-hydrogen) atoms. The summed E-state index contributed by atoms with van der Waals surface area (Å²) < 4.78 is 5.11. The lowest BCUT2D eigenvalue weighted by atomic mass is 10.1. The van der Waals surface area contributed by atoms with E-state index in [1.165, 1.54) is 25.3 Å². The molecule has 0 aliphatic heterocycles. The molecule has 0 bridgehead atoms. The van der Waals surface area contributed by atoms with Gasteiger partial charge in [0.1, 0.15) is 5.75 Å². The number of carbonyl (C=O) groups is 2. The molecule has 0 heterocycles. The average Bonchev–Trinajstić information content (AvgIpc) is 2.70. The lowest BCUT2D eigenvalue weighted by molar-refractivity contribution is -0.384. The lowest BCUT2D eigenvalue weighted by Crippen LogP contribution is -2.32. The molecule has 1 N–H and O–H groups in total. The topological polar surface area (TPSA) is 102 Å². The number of hydrogen-bond donors (Lipinski definition) is 1. The van der Waals surface area contributed by atoms with Gasteiger partial charge >= 0.3 is 0 Å². The second kappa shape index (κ2) is 8.98. The van der Waals surface area contributed by atoms with Crippen LogP contribution in [0.4, 0.5) is 5.69 Å². The fraction of sp³-hybridized carbons (Fsp3) is 0.300. The molecule has 0 atom stereocenters. The average molecular weight is 385 g/mol. The molecule has 2 amide bonds. The molecule has 8 nitrogen and oxygen atoms in total. The van der Waals surface area contributed by atoms with Crippen molar-refractivity contribution in [2.45, 2.75) is 26.4 Å². The van der Waals surface area contributed by atoms with Gasteiger partial charge in [-0.3, -0.25) is 19.7 Å². The summed E-state index contributed by atoms with van der Waals surface area (Å²) in [5.41, 5.74) is 1.25. The van der Waals surface area contributed by atoms with Crippen molar-refractivity contribution in [1.82, 2.24) is 10.2 Å². The summed E-state index contributed by atoms with van der Waals surface area (Å²) in [5.74, 6) is -0.312. The van der Waals surface area contributed by atoms with E-state index in [4.69, 9.17) is 4.74 Å². The van der Waals surface area contributed by atoms with Crippen LogP contribution >= 0.6 is 0 Å². The normalized spacial score (nSPS) is 10.5. The Labute approximate surface area is 163 Å². The molecule has 148 valence electrons. The van der Waals surface area contributed by atoms with E-state index in [-0.39, 0.29) is 35.5 Å². The first kappa shape index (κ1) is 20.9. The van der Waals surface area contributed by atoms with Gasteiger partial charge < -0.3 is 15.0 Å². The van der Waals surface area contributed by atoms with E-state index in [1.54, 1.807) is 36.2 Å². The molecular weight excluding hydrogens is 362 g/mol. The zero-order chi connectivity index (χ0) is 20.8. The predicted octanol–water partition coefficient (Wildman–Crippen LogP) is 3.01. The van der Waals surface area contributed by atoms with Crippen LogP contribution in [0.25, 0.3) is 0 Å². The highest BCUT2D eigenvalue weighted by Crippen LogP contribution is 2.24. The Morgan fingerprint density at radius 1 is 1.18 bits per heavy atom. The van der Waals surface area contributed by atoms with Crippen molar-refractivity contribution in [3.05, 3.63) is 69.3 Å². The quantitative estimate of drug-likeness (QED) is 0.583. The maximum Gasteiger partial charge on any atom is 0.270 e. The van der Waals surface area contributed by atoms with Gasteiger partial charge in [-0.05, 0) is 37.6 Å². The first-order valence-electron chi connectivity index (χ1n) is 8.71. The van der Waals surface area contributed by atoms with Gasteiger partial charge in [0.2, 0.25) is 0 Å². The number of ether oxygens (including phenoxy) is 1. The van der Waals surface area contributed by atoms with E-state index in [1.807, 2.05) is 13.8 Å². The van der Waals surface area contributed by atoms with Crippen molar-refractivity contribution < 1.29 is 19.2 Å². The lowest BCUT2D eigenvalue weighted by Gasteiger charge is -2.21. The minimum absolute atomic E-state index is 0.0769.